The first kappa shape index (κ1) is 19.1. The summed E-state index contributed by atoms with van der Waals surface area (Å²) in [6, 6.07) is 7.70. The Morgan fingerprint density at radius 2 is 2.12 bits per heavy atom. The Morgan fingerprint density at radius 1 is 1.38 bits per heavy atom. The Morgan fingerprint density at radius 3 is 2.69 bits per heavy atom. The van der Waals surface area contributed by atoms with Gasteiger partial charge in [0.15, 0.2) is 9.84 Å². The molecule has 1 aromatic heterocycles. The number of hydrogen-bond donors (Lipinski definition) is 0. The minimum absolute atomic E-state index is 0.00800. The normalized spacial score (nSPS) is 19.1. The Balaban J connectivity index is 1.69. The van der Waals surface area contributed by atoms with Crippen LogP contribution in [0.1, 0.15) is 24.8 Å². The van der Waals surface area contributed by atoms with Gasteiger partial charge in [0, 0.05) is 6.04 Å². The van der Waals surface area contributed by atoms with Crippen molar-refractivity contribution >= 4 is 22.1 Å². The predicted octanol–water partition coefficient (Wildman–Crippen LogP) is 2.27. The maximum absolute atomic E-state index is 11.7. The molecule has 26 heavy (non-hydrogen) atoms. The average Bonchev–Trinajstić information content (AvgIpc) is 3.15. The molecule has 1 aromatic carbocycles. The summed E-state index contributed by atoms with van der Waals surface area (Å²) in [6.07, 6.45) is 1.19. The summed E-state index contributed by atoms with van der Waals surface area (Å²) in [4.78, 5) is 2.38. The third-order valence-corrected chi connectivity index (χ3v) is 6.65. The van der Waals surface area contributed by atoms with Crippen LogP contribution in [0.5, 0.6) is 5.75 Å². The van der Waals surface area contributed by atoms with Gasteiger partial charge in [-0.05, 0) is 42.9 Å². The first-order chi connectivity index (χ1) is 12.4. The number of hydrogen-bond acceptors (Lipinski definition) is 7. The van der Waals surface area contributed by atoms with E-state index in [2.05, 4.69) is 10.00 Å². The van der Waals surface area contributed by atoms with E-state index in [1.54, 1.807) is 11.8 Å². The highest BCUT2D eigenvalue weighted by molar-refractivity contribution is 7.91. The third-order valence-electron chi connectivity index (χ3n) is 4.61. The van der Waals surface area contributed by atoms with Gasteiger partial charge in [-0.3, -0.25) is 4.90 Å². The molecule has 2 heterocycles. The van der Waals surface area contributed by atoms with Gasteiger partial charge >= 0.3 is 0 Å². The van der Waals surface area contributed by atoms with Crippen molar-refractivity contribution < 1.29 is 17.6 Å². The second kappa shape index (κ2) is 7.89. The van der Waals surface area contributed by atoms with Crippen LogP contribution in [0.3, 0.4) is 0 Å². The molecule has 0 radical (unpaired) electrons. The van der Waals surface area contributed by atoms with Crippen molar-refractivity contribution in [2.24, 2.45) is 0 Å². The summed E-state index contributed by atoms with van der Waals surface area (Å²) in [7, 11) is -1.30. The summed E-state index contributed by atoms with van der Waals surface area (Å²) in [5.74, 6) is 1.78. The van der Waals surface area contributed by atoms with Crippen molar-refractivity contribution in [3.8, 4) is 5.75 Å². The molecule has 0 N–H and O–H groups in total. The van der Waals surface area contributed by atoms with E-state index in [0.717, 1.165) is 17.9 Å². The SMILES string of the molecule is CCN(Cn1nc(Cc2ccc(OC)cc2)oc1=S)[C@H]1CCS(=O)(=O)C1. The molecule has 1 saturated heterocycles. The lowest BCUT2D eigenvalue weighted by Gasteiger charge is -2.25. The Labute approximate surface area is 158 Å². The van der Waals surface area contributed by atoms with Crippen molar-refractivity contribution in [1.82, 2.24) is 14.7 Å². The first-order valence-electron chi connectivity index (χ1n) is 8.54. The molecule has 142 valence electrons. The van der Waals surface area contributed by atoms with E-state index in [1.165, 1.54) is 0 Å². The maximum atomic E-state index is 11.7. The van der Waals surface area contributed by atoms with E-state index >= 15 is 0 Å². The second-order valence-corrected chi connectivity index (χ2v) is 8.97. The van der Waals surface area contributed by atoms with E-state index in [9.17, 15) is 8.42 Å². The fourth-order valence-corrected chi connectivity index (χ4v) is 5.09. The van der Waals surface area contributed by atoms with Crippen molar-refractivity contribution in [2.45, 2.75) is 32.5 Å². The highest BCUT2D eigenvalue weighted by Gasteiger charge is 2.32. The van der Waals surface area contributed by atoms with E-state index in [0.29, 0.717) is 30.2 Å². The van der Waals surface area contributed by atoms with Crippen LogP contribution >= 0.6 is 12.2 Å². The molecule has 0 unspecified atom stereocenters. The van der Waals surface area contributed by atoms with Gasteiger partial charge in [0.25, 0.3) is 4.84 Å². The molecule has 1 fully saturated rings. The molecular weight excluding hydrogens is 374 g/mol. The lowest BCUT2D eigenvalue weighted by Crippen LogP contribution is -2.37. The zero-order valence-electron chi connectivity index (χ0n) is 14.9. The molecule has 0 bridgehead atoms. The van der Waals surface area contributed by atoms with Crippen LogP contribution in [0, 0.1) is 4.84 Å². The number of benzene rings is 1. The van der Waals surface area contributed by atoms with E-state index < -0.39 is 9.84 Å². The van der Waals surface area contributed by atoms with Crippen LogP contribution in [0.15, 0.2) is 28.7 Å². The summed E-state index contributed by atoms with van der Waals surface area (Å²) in [5, 5.41) is 4.47. The van der Waals surface area contributed by atoms with Gasteiger partial charge in [-0.1, -0.05) is 19.1 Å². The third kappa shape index (κ3) is 4.52. The smallest absolute Gasteiger partial charge is 0.288 e. The van der Waals surface area contributed by atoms with Gasteiger partial charge < -0.3 is 9.15 Å². The van der Waals surface area contributed by atoms with Crippen molar-refractivity contribution in [3.05, 3.63) is 40.6 Å². The highest BCUT2D eigenvalue weighted by atomic mass is 32.2. The van der Waals surface area contributed by atoms with Crippen LogP contribution < -0.4 is 4.74 Å². The molecule has 0 saturated carbocycles. The lowest BCUT2D eigenvalue weighted by molar-refractivity contribution is 0.162. The number of nitrogens with zero attached hydrogens (tertiary/aromatic N) is 3. The molecule has 3 rings (SSSR count). The largest absolute Gasteiger partial charge is 0.497 e. The minimum atomic E-state index is -2.93. The molecule has 2 aromatic rings. The topological polar surface area (TPSA) is 77.6 Å². The number of rotatable bonds is 7. The number of sulfone groups is 1. The van der Waals surface area contributed by atoms with Crippen LogP contribution in [0.4, 0.5) is 0 Å². The molecule has 1 aliphatic heterocycles. The first-order valence-corrected chi connectivity index (χ1v) is 10.8. The monoisotopic (exact) mass is 397 g/mol. The Bertz CT molecular complexity index is 903. The quantitative estimate of drug-likeness (QED) is 0.663. The number of ether oxygens (including phenoxy) is 1. The standard InChI is InChI=1S/C17H23N3O4S2/c1-3-19(14-8-9-26(21,22)11-14)12-20-17(25)24-16(18-20)10-13-4-6-15(23-2)7-5-13/h4-7,14H,3,8-12H2,1-2H3/t14-/m0/s1. The molecule has 9 heteroatoms. The van der Waals surface area contributed by atoms with Gasteiger partial charge in [-0.2, -0.15) is 0 Å². The average molecular weight is 398 g/mol. The van der Waals surface area contributed by atoms with Gasteiger partial charge in [-0.25, -0.2) is 13.1 Å². The fourth-order valence-electron chi connectivity index (χ4n) is 3.14. The summed E-state index contributed by atoms with van der Waals surface area (Å²) in [6.45, 7) is 3.16. The molecule has 1 atom stereocenters. The highest BCUT2D eigenvalue weighted by Crippen LogP contribution is 2.19. The van der Waals surface area contributed by atoms with Gasteiger partial charge in [0.1, 0.15) is 5.75 Å². The Kier molecular flexibility index (Phi) is 5.79. The summed E-state index contributed by atoms with van der Waals surface area (Å²) >= 11 is 5.28. The van der Waals surface area contributed by atoms with Gasteiger partial charge in [-0.15, -0.1) is 5.10 Å². The van der Waals surface area contributed by atoms with Crippen LogP contribution in [0.25, 0.3) is 0 Å². The molecule has 0 aliphatic carbocycles. The minimum Gasteiger partial charge on any atom is -0.497 e. The van der Waals surface area contributed by atoms with E-state index in [1.807, 2.05) is 31.2 Å². The zero-order valence-corrected chi connectivity index (χ0v) is 16.6. The predicted molar refractivity (Wildman–Crippen MR) is 101 cm³/mol. The fraction of sp³-hybridized carbons (Fsp3) is 0.529. The second-order valence-electron chi connectivity index (χ2n) is 6.39. The summed E-state index contributed by atoms with van der Waals surface area (Å²) in [5.41, 5.74) is 1.04. The van der Waals surface area contributed by atoms with E-state index in [4.69, 9.17) is 21.4 Å². The molecule has 0 spiro atoms. The van der Waals surface area contributed by atoms with Gasteiger partial charge in [0.05, 0.1) is 31.7 Å². The summed E-state index contributed by atoms with van der Waals surface area (Å²) < 4.78 is 35.9. The molecule has 7 nitrogen and oxygen atoms in total. The molecular formula is C17H23N3O4S2. The van der Waals surface area contributed by atoms with E-state index in [-0.39, 0.29) is 17.5 Å². The van der Waals surface area contributed by atoms with Crippen molar-refractivity contribution in [3.63, 3.8) is 0 Å². The zero-order chi connectivity index (χ0) is 18.7. The van der Waals surface area contributed by atoms with Crippen molar-refractivity contribution in [2.75, 3.05) is 25.2 Å². The van der Waals surface area contributed by atoms with Crippen LogP contribution in [-0.4, -0.2) is 54.3 Å². The lowest BCUT2D eigenvalue weighted by atomic mass is 10.1. The maximum Gasteiger partial charge on any atom is 0.288 e. The molecule has 0 amide bonds. The molecule has 1 aliphatic rings. The Hall–Kier alpha value is -1.71. The number of methoxy groups -OCH3 is 1. The van der Waals surface area contributed by atoms with Gasteiger partial charge in [0.2, 0.25) is 5.89 Å². The van der Waals surface area contributed by atoms with Crippen LogP contribution in [-0.2, 0) is 22.9 Å². The number of aromatic nitrogens is 2. The van der Waals surface area contributed by atoms with Crippen LogP contribution in [0.2, 0.25) is 0 Å². The van der Waals surface area contributed by atoms with Crippen molar-refractivity contribution in [1.29, 1.82) is 0 Å².